The minimum atomic E-state index is -0.787. The number of rotatable bonds is 3. The molecule has 1 fully saturated rings. The molecule has 3 rings (SSSR count). The van der Waals surface area contributed by atoms with Crippen molar-refractivity contribution in [3.05, 3.63) is 53.8 Å². The van der Waals surface area contributed by atoms with Crippen molar-refractivity contribution in [3.8, 4) is 0 Å². The highest BCUT2D eigenvalue weighted by molar-refractivity contribution is 6.62. The summed E-state index contributed by atoms with van der Waals surface area (Å²) in [7, 11) is -0.787. The van der Waals surface area contributed by atoms with Crippen LogP contribution in [0.2, 0.25) is 0 Å². The Balaban J connectivity index is 1.70. The molecule has 1 saturated heterocycles. The zero-order valence-electron chi connectivity index (χ0n) is 16.2. The number of nitrogens with one attached hydrogen (secondary N) is 2. The first-order chi connectivity index (χ1) is 12.6. The lowest BCUT2D eigenvalue weighted by Gasteiger charge is -2.32. The predicted octanol–water partition coefficient (Wildman–Crippen LogP) is 4.08. The van der Waals surface area contributed by atoms with Gasteiger partial charge >= 0.3 is 13.1 Å². The molecule has 0 aliphatic carbocycles. The maximum atomic E-state index is 14.6. The monoisotopic (exact) mass is 370 g/mol. The van der Waals surface area contributed by atoms with E-state index in [1.807, 2.05) is 52.8 Å². The second kappa shape index (κ2) is 6.98. The Morgan fingerprint density at radius 1 is 1.00 bits per heavy atom. The SMILES string of the molecule is Cc1ccccc1NC(=O)Nc1ccc(B2OC(C)(C)C(C)(C)O2)c(F)c1. The lowest BCUT2D eigenvalue weighted by Crippen LogP contribution is -2.41. The number of hydrogen-bond donors (Lipinski definition) is 2. The van der Waals surface area contributed by atoms with Crippen LogP contribution in [-0.2, 0) is 9.31 Å². The van der Waals surface area contributed by atoms with Gasteiger partial charge in [-0.1, -0.05) is 24.3 Å². The summed E-state index contributed by atoms with van der Waals surface area (Å²) in [6.07, 6.45) is 0. The summed E-state index contributed by atoms with van der Waals surface area (Å²) in [5, 5.41) is 5.38. The molecule has 1 aliphatic rings. The van der Waals surface area contributed by atoms with Crippen LogP contribution in [0.3, 0.4) is 0 Å². The second-order valence-electron chi connectivity index (χ2n) is 7.72. The molecular formula is C20H24BFN2O3. The minimum Gasteiger partial charge on any atom is -0.399 e. The Kier molecular flexibility index (Phi) is 5.01. The van der Waals surface area contributed by atoms with Crippen molar-refractivity contribution in [3.63, 3.8) is 0 Å². The van der Waals surface area contributed by atoms with Gasteiger partial charge in [0.25, 0.3) is 0 Å². The van der Waals surface area contributed by atoms with Crippen LogP contribution < -0.4 is 16.1 Å². The van der Waals surface area contributed by atoms with Gasteiger partial charge in [0.05, 0.1) is 11.2 Å². The van der Waals surface area contributed by atoms with E-state index in [0.29, 0.717) is 16.8 Å². The third kappa shape index (κ3) is 3.99. The van der Waals surface area contributed by atoms with E-state index >= 15 is 0 Å². The molecule has 0 spiro atoms. The number of carbonyl (C=O) groups is 1. The van der Waals surface area contributed by atoms with Crippen molar-refractivity contribution in [1.82, 2.24) is 0 Å². The third-order valence-corrected chi connectivity index (χ3v) is 5.16. The fraction of sp³-hybridized carbons (Fsp3) is 0.350. The topological polar surface area (TPSA) is 59.6 Å². The number of amides is 2. The van der Waals surface area contributed by atoms with Crippen molar-refractivity contribution in [2.45, 2.75) is 45.8 Å². The summed E-state index contributed by atoms with van der Waals surface area (Å²) in [6.45, 7) is 9.55. The van der Waals surface area contributed by atoms with E-state index < -0.39 is 30.2 Å². The molecular weight excluding hydrogens is 346 g/mol. The van der Waals surface area contributed by atoms with Gasteiger partial charge in [-0.2, -0.15) is 0 Å². The van der Waals surface area contributed by atoms with Crippen LogP contribution in [-0.4, -0.2) is 24.4 Å². The average Bonchev–Trinajstić information content (AvgIpc) is 2.77. The Labute approximate surface area is 159 Å². The molecule has 0 atom stereocenters. The van der Waals surface area contributed by atoms with Gasteiger partial charge < -0.3 is 19.9 Å². The van der Waals surface area contributed by atoms with Gasteiger partial charge in [-0.15, -0.1) is 0 Å². The number of urea groups is 1. The van der Waals surface area contributed by atoms with Crippen molar-refractivity contribution < 1.29 is 18.5 Å². The van der Waals surface area contributed by atoms with Gasteiger partial charge in [0.1, 0.15) is 5.82 Å². The number of aryl methyl sites for hydroxylation is 1. The molecule has 0 saturated carbocycles. The van der Waals surface area contributed by atoms with E-state index in [2.05, 4.69) is 10.6 Å². The van der Waals surface area contributed by atoms with Gasteiger partial charge in [-0.25, -0.2) is 9.18 Å². The molecule has 1 aliphatic heterocycles. The average molecular weight is 370 g/mol. The second-order valence-corrected chi connectivity index (χ2v) is 7.72. The molecule has 2 aromatic rings. The molecule has 2 amide bonds. The van der Waals surface area contributed by atoms with Crippen LogP contribution in [0.15, 0.2) is 42.5 Å². The molecule has 0 radical (unpaired) electrons. The lowest BCUT2D eigenvalue weighted by atomic mass is 9.78. The molecule has 142 valence electrons. The molecule has 2 N–H and O–H groups in total. The standard InChI is InChI=1S/C20H24BFN2O3/c1-13-8-6-7-9-17(13)24-18(25)23-14-10-11-15(16(22)12-14)21-26-19(2,3)20(4,5)27-21/h6-12H,1-5H3,(H2,23,24,25). The van der Waals surface area contributed by atoms with Crippen molar-refractivity contribution in [2.75, 3.05) is 10.6 Å². The molecule has 2 aromatic carbocycles. The smallest absolute Gasteiger partial charge is 0.399 e. The number of benzene rings is 2. The first-order valence-electron chi connectivity index (χ1n) is 8.88. The van der Waals surface area contributed by atoms with E-state index in [1.165, 1.54) is 6.07 Å². The summed E-state index contributed by atoms with van der Waals surface area (Å²) < 4.78 is 26.4. The molecule has 7 heteroatoms. The van der Waals surface area contributed by atoms with Crippen LogP contribution in [0.25, 0.3) is 0 Å². The Hall–Kier alpha value is -2.38. The maximum Gasteiger partial charge on any atom is 0.497 e. The number of halogens is 1. The molecule has 0 aromatic heterocycles. The highest BCUT2D eigenvalue weighted by Crippen LogP contribution is 2.36. The van der Waals surface area contributed by atoms with Gasteiger partial charge in [-0.05, 0) is 58.4 Å². The van der Waals surface area contributed by atoms with Gasteiger partial charge in [0.15, 0.2) is 0 Å². The van der Waals surface area contributed by atoms with E-state index in [0.717, 1.165) is 5.56 Å². The minimum absolute atomic E-state index is 0.304. The van der Waals surface area contributed by atoms with Crippen molar-refractivity contribution >= 4 is 30.0 Å². The van der Waals surface area contributed by atoms with Gasteiger partial charge in [0.2, 0.25) is 0 Å². The Morgan fingerprint density at radius 2 is 1.63 bits per heavy atom. The molecule has 27 heavy (non-hydrogen) atoms. The van der Waals surface area contributed by atoms with Crippen LogP contribution in [0.4, 0.5) is 20.6 Å². The van der Waals surface area contributed by atoms with Crippen LogP contribution in [0, 0.1) is 12.7 Å². The number of anilines is 2. The Morgan fingerprint density at radius 3 is 2.22 bits per heavy atom. The summed E-state index contributed by atoms with van der Waals surface area (Å²) in [5.74, 6) is -0.498. The van der Waals surface area contributed by atoms with Crippen LogP contribution in [0.5, 0.6) is 0 Å². The van der Waals surface area contributed by atoms with E-state index in [9.17, 15) is 9.18 Å². The molecule has 1 heterocycles. The maximum absolute atomic E-state index is 14.6. The van der Waals surface area contributed by atoms with Gasteiger partial charge in [0, 0.05) is 16.8 Å². The first kappa shape index (κ1) is 19.4. The fourth-order valence-electron chi connectivity index (χ4n) is 2.76. The van der Waals surface area contributed by atoms with Crippen molar-refractivity contribution in [1.29, 1.82) is 0 Å². The van der Waals surface area contributed by atoms with E-state index in [4.69, 9.17) is 9.31 Å². The summed E-state index contributed by atoms with van der Waals surface area (Å²) in [6, 6.07) is 11.4. The summed E-state index contributed by atoms with van der Waals surface area (Å²) >= 11 is 0. The quantitative estimate of drug-likeness (QED) is 0.801. The van der Waals surface area contributed by atoms with Crippen LogP contribution in [0.1, 0.15) is 33.3 Å². The zero-order chi connectivity index (χ0) is 19.8. The van der Waals surface area contributed by atoms with Gasteiger partial charge in [-0.3, -0.25) is 0 Å². The number of carbonyl (C=O) groups excluding carboxylic acids is 1. The Bertz CT molecular complexity index is 854. The van der Waals surface area contributed by atoms with E-state index in [1.54, 1.807) is 18.2 Å². The summed E-state index contributed by atoms with van der Waals surface area (Å²) in [5.41, 5.74) is 1.19. The molecule has 0 bridgehead atoms. The normalized spacial score (nSPS) is 17.6. The molecule has 0 unspecified atom stereocenters. The molecule has 5 nitrogen and oxygen atoms in total. The van der Waals surface area contributed by atoms with E-state index in [-0.39, 0.29) is 0 Å². The largest absolute Gasteiger partial charge is 0.497 e. The first-order valence-corrected chi connectivity index (χ1v) is 8.88. The fourth-order valence-corrected chi connectivity index (χ4v) is 2.76. The third-order valence-electron chi connectivity index (χ3n) is 5.16. The highest BCUT2D eigenvalue weighted by atomic mass is 19.1. The van der Waals surface area contributed by atoms with Crippen LogP contribution >= 0.6 is 0 Å². The highest BCUT2D eigenvalue weighted by Gasteiger charge is 2.52. The summed E-state index contributed by atoms with van der Waals surface area (Å²) in [4.78, 5) is 12.2. The lowest BCUT2D eigenvalue weighted by molar-refractivity contribution is 0.00578. The zero-order valence-corrected chi connectivity index (χ0v) is 16.2. The number of para-hydroxylation sites is 1. The van der Waals surface area contributed by atoms with Crippen molar-refractivity contribution in [2.24, 2.45) is 0 Å². The number of hydrogen-bond acceptors (Lipinski definition) is 3. The predicted molar refractivity (Wildman–Crippen MR) is 106 cm³/mol.